The number of nitrogen functional groups attached to an aromatic ring is 1. The minimum absolute atomic E-state index is 0.0119. The molecule has 0 saturated heterocycles. The Morgan fingerprint density at radius 2 is 2.05 bits per heavy atom. The molecule has 1 heterocycles. The minimum atomic E-state index is -0.425. The Bertz CT molecular complexity index is 689. The summed E-state index contributed by atoms with van der Waals surface area (Å²) in [4.78, 5) is 10.5. The van der Waals surface area contributed by atoms with E-state index < -0.39 is 4.92 Å². The van der Waals surface area contributed by atoms with Gasteiger partial charge in [0.1, 0.15) is 5.82 Å². The normalized spacial score (nSPS) is 15.5. The van der Waals surface area contributed by atoms with Gasteiger partial charge in [0.2, 0.25) is 0 Å². The SMILES string of the molecule is Cc1nnc(-c2cc([N+](=O)[O-])ccc2N)n1C1CCCC1. The molecule has 110 valence electrons. The second kappa shape index (κ2) is 5.16. The number of nitrogens with two attached hydrogens (primary N) is 1. The van der Waals surface area contributed by atoms with Crippen molar-refractivity contribution in [2.24, 2.45) is 0 Å². The summed E-state index contributed by atoms with van der Waals surface area (Å²) < 4.78 is 2.07. The lowest BCUT2D eigenvalue weighted by molar-refractivity contribution is -0.384. The Hall–Kier alpha value is -2.44. The Kier molecular flexibility index (Phi) is 3.32. The van der Waals surface area contributed by atoms with Gasteiger partial charge < -0.3 is 10.3 Å². The van der Waals surface area contributed by atoms with Gasteiger partial charge in [-0.05, 0) is 25.8 Å². The van der Waals surface area contributed by atoms with Crippen molar-refractivity contribution in [2.45, 2.75) is 38.6 Å². The maximum atomic E-state index is 11.0. The molecular weight excluding hydrogens is 270 g/mol. The average Bonchev–Trinajstić information content (AvgIpc) is 3.08. The third-order valence-electron chi connectivity index (χ3n) is 4.04. The van der Waals surface area contributed by atoms with Crippen molar-refractivity contribution in [3.05, 3.63) is 34.1 Å². The molecule has 0 radical (unpaired) electrons. The smallest absolute Gasteiger partial charge is 0.270 e. The number of benzene rings is 1. The molecule has 0 bridgehead atoms. The summed E-state index contributed by atoms with van der Waals surface area (Å²) in [6.45, 7) is 1.91. The Balaban J connectivity index is 2.12. The number of non-ortho nitro benzene ring substituents is 1. The minimum Gasteiger partial charge on any atom is -0.398 e. The summed E-state index contributed by atoms with van der Waals surface area (Å²) in [5.41, 5.74) is 7.07. The predicted octanol–water partition coefficient (Wildman–Crippen LogP) is 2.86. The number of hydrogen-bond acceptors (Lipinski definition) is 5. The fourth-order valence-corrected chi connectivity index (χ4v) is 3.00. The number of rotatable bonds is 3. The molecule has 1 aromatic carbocycles. The van der Waals surface area contributed by atoms with Crippen LogP contribution in [0.15, 0.2) is 18.2 Å². The van der Waals surface area contributed by atoms with Crippen molar-refractivity contribution < 1.29 is 4.92 Å². The molecule has 1 aromatic heterocycles. The molecule has 1 aliphatic carbocycles. The maximum Gasteiger partial charge on any atom is 0.270 e. The van der Waals surface area contributed by atoms with Gasteiger partial charge in [-0.15, -0.1) is 10.2 Å². The highest BCUT2D eigenvalue weighted by Gasteiger charge is 2.24. The molecule has 2 N–H and O–H groups in total. The van der Waals surface area contributed by atoms with E-state index in [0.29, 0.717) is 23.1 Å². The van der Waals surface area contributed by atoms with Gasteiger partial charge in [0.05, 0.1) is 4.92 Å². The summed E-state index contributed by atoms with van der Waals surface area (Å²) in [7, 11) is 0. The van der Waals surface area contributed by atoms with Gasteiger partial charge in [0.15, 0.2) is 5.82 Å². The monoisotopic (exact) mass is 287 g/mol. The van der Waals surface area contributed by atoms with Gasteiger partial charge in [-0.3, -0.25) is 10.1 Å². The Labute approximate surface area is 121 Å². The number of hydrogen-bond donors (Lipinski definition) is 1. The first-order valence-electron chi connectivity index (χ1n) is 7.03. The van der Waals surface area contributed by atoms with Crippen LogP contribution in [0, 0.1) is 17.0 Å². The first-order chi connectivity index (χ1) is 10.1. The number of nitrogens with zero attached hydrogens (tertiary/aromatic N) is 4. The lowest BCUT2D eigenvalue weighted by Gasteiger charge is -2.16. The van der Waals surface area contributed by atoms with Crippen LogP contribution in [0.1, 0.15) is 37.5 Å². The highest BCUT2D eigenvalue weighted by molar-refractivity contribution is 5.74. The third-order valence-corrected chi connectivity index (χ3v) is 4.04. The van der Waals surface area contributed by atoms with E-state index in [-0.39, 0.29) is 5.69 Å². The zero-order chi connectivity index (χ0) is 15.0. The van der Waals surface area contributed by atoms with E-state index >= 15 is 0 Å². The van der Waals surface area contributed by atoms with Crippen LogP contribution in [-0.2, 0) is 0 Å². The van der Waals surface area contributed by atoms with E-state index in [2.05, 4.69) is 14.8 Å². The Morgan fingerprint density at radius 3 is 2.71 bits per heavy atom. The van der Waals surface area contributed by atoms with Crippen LogP contribution in [0.2, 0.25) is 0 Å². The molecule has 7 heteroatoms. The van der Waals surface area contributed by atoms with E-state index in [1.165, 1.54) is 25.0 Å². The summed E-state index contributed by atoms with van der Waals surface area (Å²) in [5.74, 6) is 1.45. The number of nitro benzene ring substituents is 1. The van der Waals surface area contributed by atoms with Crippen molar-refractivity contribution in [2.75, 3.05) is 5.73 Å². The van der Waals surface area contributed by atoms with Crippen LogP contribution in [0.3, 0.4) is 0 Å². The lowest BCUT2D eigenvalue weighted by atomic mass is 10.1. The molecule has 1 fully saturated rings. The molecule has 0 spiro atoms. The second-order valence-electron chi connectivity index (χ2n) is 5.41. The maximum absolute atomic E-state index is 11.0. The van der Waals surface area contributed by atoms with Crippen LogP contribution in [-0.4, -0.2) is 19.7 Å². The summed E-state index contributed by atoms with van der Waals surface area (Å²) in [5, 5.41) is 19.3. The largest absolute Gasteiger partial charge is 0.398 e. The first kappa shape index (κ1) is 13.5. The van der Waals surface area contributed by atoms with Crippen LogP contribution >= 0.6 is 0 Å². The quantitative estimate of drug-likeness (QED) is 0.531. The van der Waals surface area contributed by atoms with Gasteiger partial charge in [-0.25, -0.2) is 0 Å². The van der Waals surface area contributed by atoms with Crippen molar-refractivity contribution in [3.8, 4) is 11.4 Å². The van der Waals surface area contributed by atoms with Gasteiger partial charge in [-0.2, -0.15) is 0 Å². The van der Waals surface area contributed by atoms with Crippen molar-refractivity contribution in [1.29, 1.82) is 0 Å². The van der Waals surface area contributed by atoms with Crippen LogP contribution in [0.25, 0.3) is 11.4 Å². The average molecular weight is 287 g/mol. The fraction of sp³-hybridized carbons (Fsp3) is 0.429. The van der Waals surface area contributed by atoms with Gasteiger partial charge in [-0.1, -0.05) is 12.8 Å². The Morgan fingerprint density at radius 1 is 1.33 bits per heavy atom. The highest BCUT2D eigenvalue weighted by Crippen LogP contribution is 2.36. The molecule has 1 aliphatic rings. The van der Waals surface area contributed by atoms with Gasteiger partial charge in [0.25, 0.3) is 5.69 Å². The zero-order valence-electron chi connectivity index (χ0n) is 11.8. The lowest BCUT2D eigenvalue weighted by Crippen LogP contribution is -2.09. The number of nitro groups is 1. The first-order valence-corrected chi connectivity index (χ1v) is 7.03. The van der Waals surface area contributed by atoms with Crippen molar-refractivity contribution in [1.82, 2.24) is 14.8 Å². The standard InChI is InChI=1S/C14H17N5O2/c1-9-16-17-14(18(9)10-4-2-3-5-10)12-8-11(19(20)21)6-7-13(12)15/h6-8,10H,2-5,15H2,1H3. The molecule has 0 amide bonds. The van der Waals surface area contributed by atoms with Gasteiger partial charge >= 0.3 is 0 Å². The van der Waals surface area contributed by atoms with Crippen molar-refractivity contribution in [3.63, 3.8) is 0 Å². The van der Waals surface area contributed by atoms with E-state index in [1.54, 1.807) is 6.07 Å². The van der Waals surface area contributed by atoms with Crippen LogP contribution in [0.4, 0.5) is 11.4 Å². The van der Waals surface area contributed by atoms with E-state index in [9.17, 15) is 10.1 Å². The van der Waals surface area contributed by atoms with Crippen LogP contribution in [0.5, 0.6) is 0 Å². The molecule has 2 aromatic rings. The number of aryl methyl sites for hydroxylation is 1. The van der Waals surface area contributed by atoms with Crippen molar-refractivity contribution >= 4 is 11.4 Å². The zero-order valence-corrected chi connectivity index (χ0v) is 11.8. The topological polar surface area (TPSA) is 99.9 Å². The molecule has 0 aliphatic heterocycles. The second-order valence-corrected chi connectivity index (χ2v) is 5.41. The number of aromatic nitrogens is 3. The van der Waals surface area contributed by atoms with E-state index in [1.807, 2.05) is 6.92 Å². The molecule has 0 atom stereocenters. The summed E-state index contributed by atoms with van der Waals surface area (Å²) in [6.07, 6.45) is 4.54. The molecule has 0 unspecified atom stereocenters. The summed E-state index contributed by atoms with van der Waals surface area (Å²) in [6, 6.07) is 4.79. The van der Waals surface area contributed by atoms with E-state index in [0.717, 1.165) is 18.7 Å². The molecular formula is C14H17N5O2. The highest BCUT2D eigenvalue weighted by atomic mass is 16.6. The van der Waals surface area contributed by atoms with Crippen LogP contribution < -0.4 is 5.73 Å². The number of anilines is 1. The molecule has 7 nitrogen and oxygen atoms in total. The van der Waals surface area contributed by atoms with Gasteiger partial charge in [0, 0.05) is 29.4 Å². The third kappa shape index (κ3) is 2.35. The van der Waals surface area contributed by atoms with E-state index in [4.69, 9.17) is 5.73 Å². The predicted molar refractivity (Wildman–Crippen MR) is 78.8 cm³/mol. The molecule has 1 saturated carbocycles. The summed E-state index contributed by atoms with van der Waals surface area (Å²) >= 11 is 0. The fourth-order valence-electron chi connectivity index (χ4n) is 3.00. The molecule has 3 rings (SSSR count). The molecule has 21 heavy (non-hydrogen) atoms.